The lowest BCUT2D eigenvalue weighted by Gasteiger charge is -2.22. The molecule has 128 valence electrons. The molecule has 1 aromatic heterocycles. The third-order valence-electron chi connectivity index (χ3n) is 3.84. The smallest absolute Gasteiger partial charge is 0.372 e. The van der Waals surface area contributed by atoms with E-state index >= 15 is 0 Å². The number of pyridine rings is 1. The van der Waals surface area contributed by atoms with Gasteiger partial charge in [0.2, 0.25) is 0 Å². The van der Waals surface area contributed by atoms with Gasteiger partial charge in [0.05, 0.1) is 11.2 Å². The van der Waals surface area contributed by atoms with Gasteiger partial charge in [-0.25, -0.2) is 0 Å². The van der Waals surface area contributed by atoms with E-state index in [4.69, 9.17) is 0 Å². The molecule has 6 heteroatoms. The Kier molecular flexibility index (Phi) is 4.70. The number of rotatable bonds is 5. The molecular formula is C19H15F3N2O. The lowest BCUT2D eigenvalue weighted by Crippen LogP contribution is -2.38. The van der Waals surface area contributed by atoms with Crippen LogP contribution in [0.15, 0.2) is 66.9 Å². The van der Waals surface area contributed by atoms with Gasteiger partial charge < -0.3 is 5.32 Å². The van der Waals surface area contributed by atoms with Gasteiger partial charge in [0.15, 0.2) is 5.78 Å². The highest BCUT2D eigenvalue weighted by Gasteiger charge is 2.41. The first kappa shape index (κ1) is 17.0. The molecule has 0 aliphatic carbocycles. The number of carbonyl (C=O) groups is 1. The minimum atomic E-state index is -4.57. The Morgan fingerprint density at radius 1 is 1.00 bits per heavy atom. The summed E-state index contributed by atoms with van der Waals surface area (Å²) in [5, 5.41) is 3.18. The molecule has 2 aromatic carbocycles. The zero-order valence-corrected chi connectivity index (χ0v) is 13.1. The zero-order chi connectivity index (χ0) is 17.9. The standard InChI is InChI=1S/C19H15F3N2O/c20-19(21,22)17(12-16(25)13-6-2-1-3-7-13)24-15-10-4-8-14-9-5-11-23-18(14)15/h1-11,17,24H,12H2. The SMILES string of the molecule is O=C(CC(Nc1cccc2cccnc12)C(F)(F)F)c1ccccc1. The number of aromatic nitrogens is 1. The van der Waals surface area contributed by atoms with E-state index in [0.717, 1.165) is 5.39 Å². The third kappa shape index (κ3) is 3.96. The molecule has 3 nitrogen and oxygen atoms in total. The van der Waals surface area contributed by atoms with Crippen LogP contribution in [-0.2, 0) is 0 Å². The molecule has 3 rings (SSSR count). The molecule has 0 fully saturated rings. The van der Waals surface area contributed by atoms with Crippen molar-refractivity contribution in [2.45, 2.75) is 18.6 Å². The van der Waals surface area contributed by atoms with Gasteiger partial charge in [0, 0.05) is 23.6 Å². The van der Waals surface area contributed by atoms with Crippen LogP contribution in [0.2, 0.25) is 0 Å². The van der Waals surface area contributed by atoms with Crippen molar-refractivity contribution in [3.8, 4) is 0 Å². The molecule has 0 saturated carbocycles. The van der Waals surface area contributed by atoms with Crippen molar-refractivity contribution < 1.29 is 18.0 Å². The van der Waals surface area contributed by atoms with Gasteiger partial charge in [-0.05, 0) is 12.1 Å². The Morgan fingerprint density at radius 3 is 2.44 bits per heavy atom. The van der Waals surface area contributed by atoms with Gasteiger partial charge in [-0.3, -0.25) is 9.78 Å². The minimum Gasteiger partial charge on any atom is -0.372 e. The van der Waals surface area contributed by atoms with E-state index in [2.05, 4.69) is 10.3 Å². The first-order chi connectivity index (χ1) is 11.9. The Hall–Kier alpha value is -2.89. The summed E-state index contributed by atoms with van der Waals surface area (Å²) >= 11 is 0. The highest BCUT2D eigenvalue weighted by molar-refractivity contribution is 5.97. The number of para-hydroxylation sites is 1. The normalized spacial score (nSPS) is 12.8. The molecule has 0 bridgehead atoms. The number of benzene rings is 2. The predicted octanol–water partition coefficient (Wildman–Crippen LogP) is 4.85. The van der Waals surface area contributed by atoms with Crippen molar-refractivity contribution in [2.75, 3.05) is 5.32 Å². The maximum atomic E-state index is 13.4. The number of hydrogen-bond acceptors (Lipinski definition) is 3. The van der Waals surface area contributed by atoms with Crippen molar-refractivity contribution in [1.82, 2.24) is 4.98 Å². The number of carbonyl (C=O) groups excluding carboxylic acids is 1. The van der Waals surface area contributed by atoms with Crippen LogP contribution >= 0.6 is 0 Å². The molecule has 0 aliphatic heterocycles. The zero-order valence-electron chi connectivity index (χ0n) is 13.1. The summed E-state index contributed by atoms with van der Waals surface area (Å²) in [4.78, 5) is 16.3. The maximum absolute atomic E-state index is 13.4. The second-order valence-corrected chi connectivity index (χ2v) is 5.61. The van der Waals surface area contributed by atoms with Crippen LogP contribution in [0.4, 0.5) is 18.9 Å². The number of halogens is 3. The van der Waals surface area contributed by atoms with Crippen LogP contribution in [0.1, 0.15) is 16.8 Å². The van der Waals surface area contributed by atoms with Gasteiger partial charge in [-0.2, -0.15) is 13.2 Å². The van der Waals surface area contributed by atoms with Crippen LogP contribution in [0.3, 0.4) is 0 Å². The third-order valence-corrected chi connectivity index (χ3v) is 3.84. The number of nitrogens with one attached hydrogen (secondary N) is 1. The van der Waals surface area contributed by atoms with E-state index in [1.807, 2.05) is 0 Å². The molecule has 3 aromatic rings. The minimum absolute atomic E-state index is 0.251. The Bertz CT molecular complexity index is 873. The monoisotopic (exact) mass is 344 g/mol. The number of hydrogen-bond donors (Lipinski definition) is 1. The molecule has 1 atom stereocenters. The molecular weight excluding hydrogens is 329 g/mol. The summed E-state index contributed by atoms with van der Waals surface area (Å²) in [6, 6.07) is 14.4. The number of alkyl halides is 3. The van der Waals surface area contributed by atoms with Gasteiger partial charge in [0.25, 0.3) is 0 Å². The lowest BCUT2D eigenvalue weighted by atomic mass is 10.0. The summed E-state index contributed by atoms with van der Waals surface area (Å²) in [7, 11) is 0. The van der Waals surface area contributed by atoms with Gasteiger partial charge >= 0.3 is 6.18 Å². The second-order valence-electron chi connectivity index (χ2n) is 5.61. The molecule has 0 radical (unpaired) electrons. The van der Waals surface area contributed by atoms with Crippen LogP contribution in [0, 0.1) is 0 Å². The molecule has 0 aliphatic rings. The van der Waals surface area contributed by atoms with Gasteiger partial charge in [-0.15, -0.1) is 0 Å². The Morgan fingerprint density at radius 2 is 1.72 bits per heavy atom. The van der Waals surface area contributed by atoms with Gasteiger partial charge in [0.1, 0.15) is 6.04 Å². The average molecular weight is 344 g/mol. The van der Waals surface area contributed by atoms with Crippen LogP contribution < -0.4 is 5.32 Å². The van der Waals surface area contributed by atoms with Crippen molar-refractivity contribution in [3.63, 3.8) is 0 Å². The molecule has 1 heterocycles. The first-order valence-corrected chi connectivity index (χ1v) is 7.70. The molecule has 0 amide bonds. The van der Waals surface area contributed by atoms with Crippen LogP contribution in [-0.4, -0.2) is 23.0 Å². The molecule has 1 N–H and O–H groups in total. The predicted molar refractivity (Wildman–Crippen MR) is 90.6 cm³/mol. The van der Waals surface area contributed by atoms with Crippen molar-refractivity contribution in [2.24, 2.45) is 0 Å². The summed E-state index contributed by atoms with van der Waals surface area (Å²) < 4.78 is 40.3. The first-order valence-electron chi connectivity index (χ1n) is 7.70. The number of ketones is 1. The van der Waals surface area contributed by atoms with Crippen LogP contribution in [0.25, 0.3) is 10.9 Å². The maximum Gasteiger partial charge on any atom is 0.408 e. The van der Waals surface area contributed by atoms with E-state index in [1.54, 1.807) is 42.5 Å². The van der Waals surface area contributed by atoms with Crippen molar-refractivity contribution in [1.29, 1.82) is 0 Å². The summed E-state index contributed by atoms with van der Waals surface area (Å²) in [6.07, 6.45) is -3.73. The lowest BCUT2D eigenvalue weighted by molar-refractivity contribution is -0.141. The van der Waals surface area contributed by atoms with Crippen LogP contribution in [0.5, 0.6) is 0 Å². The highest BCUT2D eigenvalue weighted by atomic mass is 19.4. The van der Waals surface area contributed by atoms with Crippen molar-refractivity contribution >= 4 is 22.4 Å². The Labute approximate surface area is 142 Å². The number of anilines is 1. The second kappa shape index (κ2) is 6.93. The van der Waals surface area contributed by atoms with E-state index in [1.165, 1.54) is 24.4 Å². The van der Waals surface area contributed by atoms with Gasteiger partial charge in [-0.1, -0.05) is 48.5 Å². The fourth-order valence-electron chi connectivity index (χ4n) is 2.58. The van der Waals surface area contributed by atoms with E-state index in [0.29, 0.717) is 5.52 Å². The fourth-order valence-corrected chi connectivity index (χ4v) is 2.58. The molecule has 25 heavy (non-hydrogen) atoms. The van der Waals surface area contributed by atoms with E-state index < -0.39 is 24.4 Å². The summed E-state index contributed by atoms with van der Waals surface area (Å²) in [5.74, 6) is -0.566. The topological polar surface area (TPSA) is 42.0 Å². The molecule has 0 spiro atoms. The average Bonchev–Trinajstić information content (AvgIpc) is 2.61. The number of fused-ring (bicyclic) bond motifs is 1. The van der Waals surface area contributed by atoms with E-state index in [9.17, 15) is 18.0 Å². The van der Waals surface area contributed by atoms with E-state index in [-0.39, 0.29) is 11.3 Å². The summed E-state index contributed by atoms with van der Waals surface area (Å²) in [5.41, 5.74) is 0.947. The fraction of sp³-hybridized carbons (Fsp3) is 0.158. The highest BCUT2D eigenvalue weighted by Crippen LogP contribution is 2.29. The largest absolute Gasteiger partial charge is 0.408 e. The van der Waals surface area contributed by atoms with Crippen molar-refractivity contribution in [3.05, 3.63) is 72.4 Å². The Balaban J connectivity index is 1.88. The quantitative estimate of drug-likeness (QED) is 0.673. The number of Topliss-reactive ketones (excluding diaryl/α,β-unsaturated/α-hetero) is 1. The number of nitrogens with zero attached hydrogens (tertiary/aromatic N) is 1. The molecule has 1 unspecified atom stereocenters. The molecule has 0 saturated heterocycles. The summed E-state index contributed by atoms with van der Waals surface area (Å²) in [6.45, 7) is 0.